The van der Waals surface area contributed by atoms with Crippen LogP contribution >= 0.6 is 15.9 Å². The van der Waals surface area contributed by atoms with Crippen LogP contribution in [0.1, 0.15) is 17.0 Å². The molecular weight excluding hydrogens is 344 g/mol. The molecule has 0 radical (unpaired) electrons. The van der Waals surface area contributed by atoms with Gasteiger partial charge in [0.15, 0.2) is 0 Å². The highest BCUT2D eigenvalue weighted by atomic mass is 79.9. The summed E-state index contributed by atoms with van der Waals surface area (Å²) in [6.07, 6.45) is 4.43. The zero-order chi connectivity index (χ0) is 15.8. The average molecular weight is 363 g/mol. The van der Waals surface area contributed by atoms with Gasteiger partial charge in [0.2, 0.25) is 5.91 Å². The van der Waals surface area contributed by atoms with E-state index in [-0.39, 0.29) is 18.4 Å². The van der Waals surface area contributed by atoms with E-state index in [0.29, 0.717) is 6.54 Å². The van der Waals surface area contributed by atoms with Gasteiger partial charge in [-0.3, -0.25) is 9.78 Å². The van der Waals surface area contributed by atoms with Gasteiger partial charge in [0.1, 0.15) is 6.61 Å². The van der Waals surface area contributed by atoms with Crippen molar-refractivity contribution in [2.75, 3.05) is 20.3 Å². The molecule has 4 nitrogen and oxygen atoms in total. The molecule has 0 aliphatic carbocycles. The number of hydrogen-bond donors (Lipinski definition) is 1. The molecule has 1 amide bonds. The Morgan fingerprint density at radius 2 is 2.09 bits per heavy atom. The molecule has 0 saturated carbocycles. The first kappa shape index (κ1) is 16.6. The number of ether oxygens (including phenoxy) is 1. The van der Waals surface area contributed by atoms with Crippen LogP contribution in [-0.2, 0) is 16.0 Å². The third-order valence-electron chi connectivity index (χ3n) is 3.34. The van der Waals surface area contributed by atoms with Gasteiger partial charge >= 0.3 is 0 Å². The molecule has 1 aromatic carbocycles. The van der Waals surface area contributed by atoms with E-state index in [2.05, 4.69) is 44.4 Å². The normalized spacial score (nSPS) is 11.9. The van der Waals surface area contributed by atoms with Gasteiger partial charge < -0.3 is 10.1 Å². The molecule has 1 N–H and O–H groups in total. The molecule has 0 spiro atoms. The van der Waals surface area contributed by atoms with Gasteiger partial charge in [-0.15, -0.1) is 0 Å². The van der Waals surface area contributed by atoms with E-state index in [1.807, 2.05) is 24.4 Å². The van der Waals surface area contributed by atoms with Crippen molar-refractivity contribution in [3.63, 3.8) is 0 Å². The van der Waals surface area contributed by atoms with Crippen LogP contribution in [0.25, 0.3) is 0 Å². The Bertz CT molecular complexity index is 605. The highest BCUT2D eigenvalue weighted by Crippen LogP contribution is 2.21. The third kappa shape index (κ3) is 5.24. The zero-order valence-electron chi connectivity index (χ0n) is 12.5. The number of halogens is 1. The Labute approximate surface area is 139 Å². The number of nitrogens with one attached hydrogen (secondary N) is 1. The topological polar surface area (TPSA) is 51.2 Å². The molecule has 22 heavy (non-hydrogen) atoms. The van der Waals surface area contributed by atoms with E-state index < -0.39 is 0 Å². The lowest BCUT2D eigenvalue weighted by Crippen LogP contribution is -2.31. The summed E-state index contributed by atoms with van der Waals surface area (Å²) in [6.45, 7) is 0.651. The molecular formula is C17H19BrN2O2. The van der Waals surface area contributed by atoms with Crippen molar-refractivity contribution in [2.24, 2.45) is 0 Å². The molecule has 2 rings (SSSR count). The second kappa shape index (κ2) is 8.66. The Balaban J connectivity index is 2.09. The molecule has 0 aliphatic heterocycles. The summed E-state index contributed by atoms with van der Waals surface area (Å²) in [5, 5.41) is 2.92. The lowest BCUT2D eigenvalue weighted by Gasteiger charge is -2.18. The van der Waals surface area contributed by atoms with Crippen molar-refractivity contribution < 1.29 is 9.53 Å². The van der Waals surface area contributed by atoms with Gasteiger partial charge in [-0.2, -0.15) is 0 Å². The summed E-state index contributed by atoms with van der Waals surface area (Å²) in [4.78, 5) is 15.8. The number of carbonyl (C=O) groups is 1. The third-order valence-corrected chi connectivity index (χ3v) is 3.77. The molecule has 1 heterocycles. The maximum atomic E-state index is 11.6. The van der Waals surface area contributed by atoms with Crippen LogP contribution in [0.15, 0.2) is 53.3 Å². The highest BCUT2D eigenvalue weighted by molar-refractivity contribution is 9.10. The Hall–Kier alpha value is -1.72. The van der Waals surface area contributed by atoms with Gasteiger partial charge in [-0.1, -0.05) is 30.3 Å². The fourth-order valence-electron chi connectivity index (χ4n) is 2.30. The average Bonchev–Trinajstić information content (AvgIpc) is 2.52. The number of rotatable bonds is 7. The number of amides is 1. The van der Waals surface area contributed by atoms with Gasteiger partial charge in [0.05, 0.1) is 0 Å². The number of hydrogen-bond acceptors (Lipinski definition) is 3. The number of aromatic nitrogens is 1. The van der Waals surface area contributed by atoms with Crippen molar-refractivity contribution in [3.8, 4) is 0 Å². The lowest BCUT2D eigenvalue weighted by atomic mass is 9.92. The minimum atomic E-state index is -0.101. The maximum Gasteiger partial charge on any atom is 0.246 e. The second-order valence-electron chi connectivity index (χ2n) is 5.06. The standard InChI is InChI=1S/C17H19BrN2O2/c1-22-12-17(21)20-10-15(14-5-3-2-4-6-14)7-13-8-16(18)11-19-9-13/h2-6,8-9,11,15H,7,10,12H2,1H3,(H,20,21)/t15-/m0/s1. The van der Waals surface area contributed by atoms with Crippen LogP contribution in [0.2, 0.25) is 0 Å². The molecule has 116 valence electrons. The summed E-state index contributed by atoms with van der Waals surface area (Å²) in [5.41, 5.74) is 2.32. The number of carbonyl (C=O) groups excluding carboxylic acids is 1. The SMILES string of the molecule is COCC(=O)NC[C@H](Cc1cncc(Br)c1)c1ccccc1. The van der Waals surface area contributed by atoms with E-state index in [1.165, 1.54) is 12.7 Å². The van der Waals surface area contributed by atoms with E-state index in [4.69, 9.17) is 4.74 Å². The molecule has 1 atom stereocenters. The van der Waals surface area contributed by atoms with Crippen LogP contribution in [0.5, 0.6) is 0 Å². The fraction of sp³-hybridized carbons (Fsp3) is 0.294. The minimum absolute atomic E-state index is 0.0833. The highest BCUT2D eigenvalue weighted by Gasteiger charge is 2.14. The first-order valence-electron chi connectivity index (χ1n) is 7.09. The smallest absolute Gasteiger partial charge is 0.246 e. The minimum Gasteiger partial charge on any atom is -0.375 e. The van der Waals surface area contributed by atoms with Crippen LogP contribution in [0, 0.1) is 0 Å². The summed E-state index contributed by atoms with van der Waals surface area (Å²) < 4.78 is 5.81. The predicted molar refractivity (Wildman–Crippen MR) is 89.7 cm³/mol. The first-order valence-corrected chi connectivity index (χ1v) is 7.88. The Kier molecular flexibility index (Phi) is 6.55. The molecule has 0 unspecified atom stereocenters. The Morgan fingerprint density at radius 3 is 2.77 bits per heavy atom. The molecule has 0 fully saturated rings. The van der Waals surface area contributed by atoms with E-state index >= 15 is 0 Å². The van der Waals surface area contributed by atoms with Gasteiger partial charge in [0.25, 0.3) is 0 Å². The monoisotopic (exact) mass is 362 g/mol. The second-order valence-corrected chi connectivity index (χ2v) is 5.98. The summed E-state index contributed by atoms with van der Waals surface area (Å²) in [5.74, 6) is 0.0916. The van der Waals surface area contributed by atoms with Crippen LogP contribution in [0.4, 0.5) is 0 Å². The quantitative estimate of drug-likeness (QED) is 0.823. The van der Waals surface area contributed by atoms with Crippen molar-refractivity contribution in [1.29, 1.82) is 0 Å². The molecule has 0 aliphatic rings. The van der Waals surface area contributed by atoms with Crippen molar-refractivity contribution in [1.82, 2.24) is 10.3 Å². The first-order chi connectivity index (χ1) is 10.7. The van der Waals surface area contributed by atoms with Gasteiger partial charge in [0, 0.05) is 36.4 Å². The molecule has 0 saturated heterocycles. The van der Waals surface area contributed by atoms with Gasteiger partial charge in [-0.05, 0) is 39.5 Å². The number of pyridine rings is 1. The molecule has 2 aromatic rings. The molecule has 0 bridgehead atoms. The number of methoxy groups -OCH3 is 1. The lowest BCUT2D eigenvalue weighted by molar-refractivity contribution is -0.124. The van der Waals surface area contributed by atoms with E-state index in [9.17, 15) is 4.79 Å². The summed E-state index contributed by atoms with van der Waals surface area (Å²) >= 11 is 3.44. The molecule has 5 heteroatoms. The number of nitrogens with zero attached hydrogens (tertiary/aromatic N) is 1. The summed E-state index contributed by atoms with van der Waals surface area (Å²) in [6, 6.07) is 12.2. The van der Waals surface area contributed by atoms with E-state index in [0.717, 1.165) is 16.5 Å². The van der Waals surface area contributed by atoms with Gasteiger partial charge in [-0.25, -0.2) is 0 Å². The van der Waals surface area contributed by atoms with Crippen LogP contribution < -0.4 is 5.32 Å². The van der Waals surface area contributed by atoms with Crippen molar-refractivity contribution in [2.45, 2.75) is 12.3 Å². The predicted octanol–water partition coefficient (Wildman–Crippen LogP) is 2.93. The maximum absolute atomic E-state index is 11.6. The zero-order valence-corrected chi connectivity index (χ0v) is 14.0. The van der Waals surface area contributed by atoms with Crippen LogP contribution in [0.3, 0.4) is 0 Å². The number of benzene rings is 1. The fourth-order valence-corrected chi connectivity index (χ4v) is 2.72. The van der Waals surface area contributed by atoms with E-state index in [1.54, 1.807) is 6.20 Å². The largest absolute Gasteiger partial charge is 0.375 e. The van der Waals surface area contributed by atoms with Crippen molar-refractivity contribution >= 4 is 21.8 Å². The summed E-state index contributed by atoms with van der Waals surface area (Å²) in [7, 11) is 1.52. The molecule has 1 aromatic heterocycles. The Morgan fingerprint density at radius 1 is 1.32 bits per heavy atom. The van der Waals surface area contributed by atoms with Crippen LogP contribution in [-0.4, -0.2) is 31.2 Å². The van der Waals surface area contributed by atoms with Crippen molar-refractivity contribution in [3.05, 3.63) is 64.4 Å².